The van der Waals surface area contributed by atoms with Crippen LogP contribution in [-0.4, -0.2) is 16.8 Å². The van der Waals surface area contributed by atoms with Gasteiger partial charge in [-0.05, 0) is 6.92 Å². The summed E-state index contributed by atoms with van der Waals surface area (Å²) in [6.07, 6.45) is 2.35. The number of nitrogens with two attached hydrogens (primary N) is 1. The summed E-state index contributed by atoms with van der Waals surface area (Å²) in [6.45, 7) is 1.51. The van der Waals surface area contributed by atoms with Gasteiger partial charge in [-0.2, -0.15) is 0 Å². The molecule has 1 heterocycles. The normalized spacial score (nSPS) is 12.9. The van der Waals surface area contributed by atoms with Crippen LogP contribution >= 0.6 is 11.3 Å². The van der Waals surface area contributed by atoms with Crippen LogP contribution < -0.4 is 5.73 Å². The number of hydrogen-bond donors (Lipinski definition) is 1. The van der Waals surface area contributed by atoms with Crippen molar-refractivity contribution in [3.05, 3.63) is 16.6 Å². The van der Waals surface area contributed by atoms with Crippen molar-refractivity contribution in [2.45, 2.75) is 19.4 Å². The van der Waals surface area contributed by atoms with Crippen molar-refractivity contribution in [3.8, 4) is 0 Å². The van der Waals surface area contributed by atoms with Crippen LogP contribution in [0.25, 0.3) is 0 Å². The maximum absolute atomic E-state index is 10.7. The van der Waals surface area contributed by atoms with Crippen LogP contribution in [0.3, 0.4) is 0 Å². The summed E-state index contributed by atoms with van der Waals surface area (Å²) in [5.74, 6) is 0.0263. The van der Waals surface area contributed by atoms with E-state index in [1.165, 1.54) is 18.3 Å². The van der Waals surface area contributed by atoms with Crippen molar-refractivity contribution >= 4 is 17.1 Å². The third-order valence-electron chi connectivity index (χ3n) is 1.43. The zero-order valence-corrected chi connectivity index (χ0v) is 7.10. The Morgan fingerprint density at radius 1 is 1.91 bits per heavy atom. The van der Waals surface area contributed by atoms with Gasteiger partial charge in [0.05, 0.1) is 11.6 Å². The fraction of sp³-hybridized carbons (Fsp3) is 0.429. The molecule has 0 aliphatic heterocycles. The van der Waals surface area contributed by atoms with Gasteiger partial charge < -0.3 is 5.73 Å². The van der Waals surface area contributed by atoms with Gasteiger partial charge >= 0.3 is 0 Å². The molecule has 1 aromatic heterocycles. The number of carbonyl (C=O) groups is 1. The predicted octanol–water partition coefficient (Wildman–Crippen LogP) is 0.602. The van der Waals surface area contributed by atoms with Crippen LogP contribution in [0.15, 0.2) is 11.7 Å². The SMILES string of the molecule is CC(=O)[C@@H](N)Cc1cncs1. The van der Waals surface area contributed by atoms with Crippen molar-refractivity contribution < 1.29 is 4.79 Å². The number of Topliss-reactive ketones (excluding diaryl/α,β-unsaturated/α-hetero) is 1. The first kappa shape index (κ1) is 8.36. The monoisotopic (exact) mass is 170 g/mol. The minimum Gasteiger partial charge on any atom is -0.321 e. The molecule has 60 valence electrons. The summed E-state index contributed by atoms with van der Waals surface area (Å²) >= 11 is 1.53. The fourth-order valence-corrected chi connectivity index (χ4v) is 1.36. The molecular formula is C7H10N2OS. The predicted molar refractivity (Wildman–Crippen MR) is 44.5 cm³/mol. The third kappa shape index (κ3) is 2.40. The van der Waals surface area contributed by atoms with E-state index >= 15 is 0 Å². The van der Waals surface area contributed by atoms with Gasteiger partial charge in [0.1, 0.15) is 5.78 Å². The Hall–Kier alpha value is -0.740. The van der Waals surface area contributed by atoms with Crippen LogP contribution in [0.5, 0.6) is 0 Å². The number of rotatable bonds is 3. The molecule has 3 nitrogen and oxygen atoms in total. The van der Waals surface area contributed by atoms with Crippen LogP contribution in [-0.2, 0) is 11.2 Å². The molecule has 0 aliphatic rings. The molecule has 1 rings (SSSR count). The van der Waals surface area contributed by atoms with Gasteiger partial charge in [0.25, 0.3) is 0 Å². The number of thiazole rings is 1. The second kappa shape index (κ2) is 3.59. The number of hydrogen-bond acceptors (Lipinski definition) is 4. The first-order valence-electron chi connectivity index (χ1n) is 3.33. The Kier molecular flexibility index (Phi) is 2.73. The summed E-state index contributed by atoms with van der Waals surface area (Å²) in [7, 11) is 0. The van der Waals surface area contributed by atoms with Crippen LogP contribution in [0, 0.1) is 0 Å². The molecule has 0 saturated heterocycles. The van der Waals surface area contributed by atoms with Gasteiger partial charge in [0, 0.05) is 17.5 Å². The van der Waals surface area contributed by atoms with E-state index in [1.807, 2.05) is 0 Å². The number of aromatic nitrogens is 1. The number of nitrogens with zero attached hydrogens (tertiary/aromatic N) is 1. The van der Waals surface area contributed by atoms with E-state index in [4.69, 9.17) is 5.73 Å². The third-order valence-corrected chi connectivity index (χ3v) is 2.23. The van der Waals surface area contributed by atoms with E-state index in [0.717, 1.165) is 4.88 Å². The zero-order chi connectivity index (χ0) is 8.27. The fourth-order valence-electron chi connectivity index (χ4n) is 0.703. The van der Waals surface area contributed by atoms with Crippen molar-refractivity contribution in [2.75, 3.05) is 0 Å². The van der Waals surface area contributed by atoms with E-state index in [2.05, 4.69) is 4.98 Å². The molecule has 11 heavy (non-hydrogen) atoms. The summed E-state index contributed by atoms with van der Waals surface area (Å²) in [5.41, 5.74) is 7.28. The first-order chi connectivity index (χ1) is 5.20. The maximum Gasteiger partial charge on any atom is 0.146 e. The van der Waals surface area contributed by atoms with E-state index in [-0.39, 0.29) is 11.8 Å². The summed E-state index contributed by atoms with van der Waals surface area (Å²) < 4.78 is 0. The molecule has 0 radical (unpaired) electrons. The second-order valence-electron chi connectivity index (χ2n) is 2.39. The highest BCUT2D eigenvalue weighted by molar-refractivity contribution is 7.09. The smallest absolute Gasteiger partial charge is 0.146 e. The minimum absolute atomic E-state index is 0.0263. The number of ketones is 1. The van der Waals surface area contributed by atoms with Gasteiger partial charge in [-0.15, -0.1) is 11.3 Å². The van der Waals surface area contributed by atoms with Gasteiger partial charge in [0.2, 0.25) is 0 Å². The summed E-state index contributed by atoms with van der Waals surface area (Å²) in [4.78, 5) is 15.7. The Balaban J connectivity index is 2.50. The van der Waals surface area contributed by atoms with E-state index in [9.17, 15) is 4.79 Å². The lowest BCUT2D eigenvalue weighted by Gasteiger charge is -2.03. The lowest BCUT2D eigenvalue weighted by Crippen LogP contribution is -2.30. The van der Waals surface area contributed by atoms with Crippen molar-refractivity contribution in [3.63, 3.8) is 0 Å². The Morgan fingerprint density at radius 3 is 3.09 bits per heavy atom. The highest BCUT2D eigenvalue weighted by atomic mass is 32.1. The molecule has 0 aromatic carbocycles. The second-order valence-corrected chi connectivity index (χ2v) is 3.36. The van der Waals surface area contributed by atoms with E-state index in [0.29, 0.717) is 6.42 Å². The molecule has 0 unspecified atom stereocenters. The Labute approximate surface area is 69.3 Å². The van der Waals surface area contributed by atoms with E-state index in [1.54, 1.807) is 11.7 Å². The van der Waals surface area contributed by atoms with Crippen LogP contribution in [0.2, 0.25) is 0 Å². The molecule has 4 heteroatoms. The molecule has 0 spiro atoms. The number of carbonyl (C=O) groups excluding carboxylic acids is 1. The Morgan fingerprint density at radius 2 is 2.64 bits per heavy atom. The summed E-state index contributed by atoms with van der Waals surface area (Å²) in [6, 6.07) is -0.365. The van der Waals surface area contributed by atoms with Crippen LogP contribution in [0.1, 0.15) is 11.8 Å². The molecule has 0 bridgehead atoms. The minimum atomic E-state index is -0.365. The first-order valence-corrected chi connectivity index (χ1v) is 4.21. The van der Waals surface area contributed by atoms with Crippen molar-refractivity contribution in [2.24, 2.45) is 5.73 Å². The van der Waals surface area contributed by atoms with Gasteiger partial charge in [-0.25, -0.2) is 0 Å². The van der Waals surface area contributed by atoms with Crippen LogP contribution in [0.4, 0.5) is 0 Å². The zero-order valence-electron chi connectivity index (χ0n) is 6.28. The Bertz CT molecular complexity index is 233. The molecular weight excluding hydrogens is 160 g/mol. The lowest BCUT2D eigenvalue weighted by atomic mass is 10.1. The summed E-state index contributed by atoms with van der Waals surface area (Å²) in [5, 5.41) is 0. The standard InChI is InChI=1S/C7H10N2OS/c1-5(10)7(8)2-6-3-9-4-11-6/h3-4,7H,2,8H2,1H3/t7-/m0/s1. The lowest BCUT2D eigenvalue weighted by molar-refractivity contribution is -0.118. The molecule has 0 fully saturated rings. The molecule has 0 amide bonds. The molecule has 0 aliphatic carbocycles. The van der Waals surface area contributed by atoms with E-state index < -0.39 is 0 Å². The van der Waals surface area contributed by atoms with Crippen molar-refractivity contribution in [1.29, 1.82) is 0 Å². The maximum atomic E-state index is 10.7. The largest absolute Gasteiger partial charge is 0.321 e. The average molecular weight is 170 g/mol. The molecule has 1 atom stereocenters. The molecule has 1 aromatic rings. The molecule has 2 N–H and O–H groups in total. The highest BCUT2D eigenvalue weighted by Gasteiger charge is 2.09. The van der Waals surface area contributed by atoms with Gasteiger partial charge in [-0.3, -0.25) is 9.78 Å². The topological polar surface area (TPSA) is 56.0 Å². The van der Waals surface area contributed by atoms with Gasteiger partial charge in [-0.1, -0.05) is 0 Å². The van der Waals surface area contributed by atoms with Crippen molar-refractivity contribution in [1.82, 2.24) is 4.98 Å². The van der Waals surface area contributed by atoms with Gasteiger partial charge in [0.15, 0.2) is 0 Å². The molecule has 0 saturated carbocycles. The highest BCUT2D eigenvalue weighted by Crippen LogP contribution is 2.07. The average Bonchev–Trinajstić information content (AvgIpc) is 2.39. The quantitative estimate of drug-likeness (QED) is 0.722.